The van der Waals surface area contributed by atoms with Crippen LogP contribution in [0.2, 0.25) is 0 Å². The first kappa shape index (κ1) is 22.5. The van der Waals surface area contributed by atoms with Crippen molar-refractivity contribution in [1.82, 2.24) is 10.0 Å². The van der Waals surface area contributed by atoms with Crippen molar-refractivity contribution in [1.29, 1.82) is 0 Å². The van der Waals surface area contributed by atoms with Gasteiger partial charge in [-0.25, -0.2) is 8.42 Å². The number of nitrogens with one attached hydrogen (secondary N) is 2. The SMILES string of the molecule is COc1ccc(S(=O)(=O)NC(Cc2ccccc2)C(=O)NCc2ccc(C)cc2)cc1. The molecule has 0 spiro atoms. The van der Waals surface area contributed by atoms with Crippen LogP contribution in [0.15, 0.2) is 83.8 Å². The van der Waals surface area contributed by atoms with E-state index >= 15 is 0 Å². The second-order valence-electron chi connectivity index (χ2n) is 7.24. The molecule has 0 fully saturated rings. The normalized spacial score (nSPS) is 12.2. The van der Waals surface area contributed by atoms with E-state index in [-0.39, 0.29) is 17.2 Å². The lowest BCUT2D eigenvalue weighted by Crippen LogP contribution is -2.47. The van der Waals surface area contributed by atoms with E-state index in [4.69, 9.17) is 4.74 Å². The lowest BCUT2D eigenvalue weighted by Gasteiger charge is -2.19. The summed E-state index contributed by atoms with van der Waals surface area (Å²) in [4.78, 5) is 13.0. The highest BCUT2D eigenvalue weighted by atomic mass is 32.2. The second kappa shape index (κ2) is 10.2. The van der Waals surface area contributed by atoms with Crippen molar-refractivity contribution >= 4 is 15.9 Å². The molecule has 0 heterocycles. The second-order valence-corrected chi connectivity index (χ2v) is 8.96. The highest BCUT2D eigenvalue weighted by Crippen LogP contribution is 2.16. The maximum absolute atomic E-state index is 12.9. The van der Waals surface area contributed by atoms with Crippen molar-refractivity contribution < 1.29 is 17.9 Å². The Balaban J connectivity index is 1.77. The number of hydrogen-bond donors (Lipinski definition) is 2. The van der Waals surface area contributed by atoms with E-state index in [1.165, 1.54) is 19.2 Å². The molecule has 0 saturated carbocycles. The number of rotatable bonds is 9. The van der Waals surface area contributed by atoms with Gasteiger partial charge < -0.3 is 10.1 Å². The fraction of sp³-hybridized carbons (Fsp3) is 0.208. The molecule has 0 saturated heterocycles. The molecule has 0 aliphatic heterocycles. The molecule has 3 rings (SSSR count). The van der Waals surface area contributed by atoms with Crippen LogP contribution in [0, 0.1) is 6.92 Å². The zero-order chi connectivity index (χ0) is 22.3. The molecule has 1 unspecified atom stereocenters. The molecule has 3 aromatic carbocycles. The Kier molecular flexibility index (Phi) is 7.44. The van der Waals surface area contributed by atoms with Gasteiger partial charge >= 0.3 is 0 Å². The molecule has 1 atom stereocenters. The van der Waals surface area contributed by atoms with Gasteiger partial charge in [0.15, 0.2) is 0 Å². The highest BCUT2D eigenvalue weighted by Gasteiger charge is 2.26. The molecule has 31 heavy (non-hydrogen) atoms. The zero-order valence-corrected chi connectivity index (χ0v) is 18.4. The third kappa shape index (κ3) is 6.41. The maximum Gasteiger partial charge on any atom is 0.241 e. The Hall–Kier alpha value is -3.16. The number of ether oxygens (including phenoxy) is 1. The number of carbonyl (C=O) groups excluding carboxylic acids is 1. The minimum absolute atomic E-state index is 0.0673. The largest absolute Gasteiger partial charge is 0.497 e. The number of benzene rings is 3. The Labute approximate surface area is 183 Å². The molecule has 2 N–H and O–H groups in total. The van der Waals surface area contributed by atoms with Crippen LogP contribution in [0.1, 0.15) is 16.7 Å². The Bertz CT molecular complexity index is 1100. The van der Waals surface area contributed by atoms with Gasteiger partial charge in [0, 0.05) is 6.54 Å². The highest BCUT2D eigenvalue weighted by molar-refractivity contribution is 7.89. The van der Waals surface area contributed by atoms with Crippen molar-refractivity contribution in [2.45, 2.75) is 30.8 Å². The summed E-state index contributed by atoms with van der Waals surface area (Å²) in [6.45, 7) is 2.31. The lowest BCUT2D eigenvalue weighted by atomic mass is 10.1. The van der Waals surface area contributed by atoms with Gasteiger partial charge in [0.1, 0.15) is 11.8 Å². The van der Waals surface area contributed by atoms with E-state index < -0.39 is 16.1 Å². The van der Waals surface area contributed by atoms with Crippen LogP contribution in [0.5, 0.6) is 5.75 Å². The molecule has 7 heteroatoms. The van der Waals surface area contributed by atoms with Gasteiger partial charge in [0.2, 0.25) is 15.9 Å². The third-order valence-corrected chi connectivity index (χ3v) is 6.34. The average Bonchev–Trinajstić information content (AvgIpc) is 2.78. The minimum atomic E-state index is -3.90. The van der Waals surface area contributed by atoms with Gasteiger partial charge in [-0.2, -0.15) is 4.72 Å². The van der Waals surface area contributed by atoms with Crippen molar-refractivity contribution in [3.05, 3.63) is 95.6 Å². The van der Waals surface area contributed by atoms with Crippen molar-refractivity contribution in [3.8, 4) is 5.75 Å². The standard InChI is InChI=1S/C24H26N2O4S/c1-18-8-10-20(11-9-18)17-25-24(27)23(16-19-6-4-3-5-7-19)26-31(28,29)22-14-12-21(30-2)13-15-22/h3-15,23,26H,16-17H2,1-2H3,(H,25,27). The monoisotopic (exact) mass is 438 g/mol. The fourth-order valence-corrected chi connectivity index (χ4v) is 4.26. The molecule has 0 bridgehead atoms. The molecule has 0 aromatic heterocycles. The number of hydrogen-bond acceptors (Lipinski definition) is 4. The number of sulfonamides is 1. The summed E-state index contributed by atoms with van der Waals surface area (Å²) >= 11 is 0. The number of carbonyl (C=O) groups is 1. The molecule has 0 aliphatic carbocycles. The van der Waals surface area contributed by atoms with Crippen LogP contribution >= 0.6 is 0 Å². The fourth-order valence-electron chi connectivity index (χ4n) is 3.07. The van der Waals surface area contributed by atoms with E-state index in [0.29, 0.717) is 12.3 Å². The molecule has 6 nitrogen and oxygen atoms in total. The van der Waals surface area contributed by atoms with E-state index in [1.54, 1.807) is 12.1 Å². The Morgan fingerprint density at radius 1 is 0.903 bits per heavy atom. The van der Waals surface area contributed by atoms with Gasteiger partial charge in [-0.05, 0) is 48.7 Å². The first-order valence-corrected chi connectivity index (χ1v) is 11.4. The van der Waals surface area contributed by atoms with Crippen LogP contribution in [0.4, 0.5) is 0 Å². The first-order valence-electron chi connectivity index (χ1n) is 9.91. The predicted octanol–water partition coefficient (Wildman–Crippen LogP) is 3.21. The van der Waals surface area contributed by atoms with Crippen molar-refractivity contribution in [2.24, 2.45) is 0 Å². The quantitative estimate of drug-likeness (QED) is 0.537. The molecule has 0 radical (unpaired) electrons. The van der Waals surface area contributed by atoms with Crippen LogP contribution in [-0.2, 0) is 27.8 Å². The maximum atomic E-state index is 12.9. The zero-order valence-electron chi connectivity index (χ0n) is 17.5. The van der Waals surface area contributed by atoms with Gasteiger partial charge in [0.05, 0.1) is 12.0 Å². The summed E-state index contributed by atoms with van der Waals surface area (Å²) in [6, 6.07) is 22.2. The summed E-state index contributed by atoms with van der Waals surface area (Å²) < 4.78 is 33.5. The van der Waals surface area contributed by atoms with E-state index in [9.17, 15) is 13.2 Å². The Morgan fingerprint density at radius 3 is 2.16 bits per heavy atom. The number of amides is 1. The molecule has 162 valence electrons. The van der Waals surface area contributed by atoms with Gasteiger partial charge in [0.25, 0.3) is 0 Å². The minimum Gasteiger partial charge on any atom is -0.497 e. The number of aryl methyl sites for hydroxylation is 1. The lowest BCUT2D eigenvalue weighted by molar-refractivity contribution is -0.122. The van der Waals surface area contributed by atoms with E-state index in [1.807, 2.05) is 61.5 Å². The summed E-state index contributed by atoms with van der Waals surface area (Å²) in [6.07, 6.45) is 0.232. The summed E-state index contributed by atoms with van der Waals surface area (Å²) in [5.74, 6) is 0.164. The molecule has 3 aromatic rings. The number of methoxy groups -OCH3 is 1. The smallest absolute Gasteiger partial charge is 0.241 e. The van der Waals surface area contributed by atoms with Crippen molar-refractivity contribution in [2.75, 3.05) is 7.11 Å². The van der Waals surface area contributed by atoms with Crippen LogP contribution in [0.25, 0.3) is 0 Å². The summed E-state index contributed by atoms with van der Waals surface area (Å²) in [5, 5.41) is 2.85. The molecular weight excluding hydrogens is 412 g/mol. The van der Waals surface area contributed by atoms with Crippen molar-refractivity contribution in [3.63, 3.8) is 0 Å². The van der Waals surface area contributed by atoms with Gasteiger partial charge in [-0.1, -0.05) is 60.2 Å². The molecule has 0 aliphatic rings. The molecular formula is C24H26N2O4S. The first-order chi connectivity index (χ1) is 14.9. The Morgan fingerprint density at radius 2 is 1.55 bits per heavy atom. The van der Waals surface area contributed by atoms with Crippen LogP contribution in [-0.4, -0.2) is 27.5 Å². The van der Waals surface area contributed by atoms with Crippen LogP contribution in [0.3, 0.4) is 0 Å². The molecule has 1 amide bonds. The van der Waals surface area contributed by atoms with Gasteiger partial charge in [-0.15, -0.1) is 0 Å². The average molecular weight is 439 g/mol. The van der Waals surface area contributed by atoms with Gasteiger partial charge in [-0.3, -0.25) is 4.79 Å². The summed E-state index contributed by atoms with van der Waals surface area (Å²) in [7, 11) is -2.39. The topological polar surface area (TPSA) is 84.5 Å². The van der Waals surface area contributed by atoms with E-state index in [2.05, 4.69) is 10.0 Å². The van der Waals surface area contributed by atoms with E-state index in [0.717, 1.165) is 16.7 Å². The van der Waals surface area contributed by atoms with Crippen LogP contribution < -0.4 is 14.8 Å². The predicted molar refractivity (Wildman–Crippen MR) is 120 cm³/mol. The summed E-state index contributed by atoms with van der Waals surface area (Å²) in [5.41, 5.74) is 2.93. The third-order valence-electron chi connectivity index (χ3n) is 4.85.